The van der Waals surface area contributed by atoms with E-state index in [2.05, 4.69) is 35.0 Å². The van der Waals surface area contributed by atoms with E-state index >= 15 is 0 Å². The second-order valence-corrected chi connectivity index (χ2v) is 5.33. The summed E-state index contributed by atoms with van der Waals surface area (Å²) in [7, 11) is 0. The summed E-state index contributed by atoms with van der Waals surface area (Å²) in [6.07, 6.45) is 10.2. The first-order chi connectivity index (χ1) is 6.77. The molecule has 0 bridgehead atoms. The SMILES string of the molecule is CC1OCCC1(CBr)CC1CC=CC1. The molecule has 0 N–H and O–H groups in total. The molecule has 1 saturated heterocycles. The van der Waals surface area contributed by atoms with Gasteiger partial charge in [0.1, 0.15) is 0 Å². The van der Waals surface area contributed by atoms with Crippen LogP contribution in [0.1, 0.15) is 32.6 Å². The van der Waals surface area contributed by atoms with Crippen molar-refractivity contribution in [3.05, 3.63) is 12.2 Å². The Morgan fingerprint density at radius 1 is 1.43 bits per heavy atom. The monoisotopic (exact) mass is 258 g/mol. The molecular formula is C12H19BrO. The Morgan fingerprint density at radius 3 is 2.64 bits per heavy atom. The standard InChI is InChI=1S/C12H19BrO/c1-10-12(9-13,6-7-14-10)8-11-4-2-3-5-11/h2-3,10-11H,4-9H2,1H3. The Labute approximate surface area is 95.0 Å². The largest absolute Gasteiger partial charge is 0.378 e. The third kappa shape index (κ3) is 1.92. The second-order valence-electron chi connectivity index (χ2n) is 4.77. The number of alkyl halides is 1. The molecule has 2 unspecified atom stereocenters. The zero-order chi connectivity index (χ0) is 10.0. The van der Waals surface area contributed by atoms with Crippen LogP contribution in [0.15, 0.2) is 12.2 Å². The molecule has 1 aliphatic heterocycles. The molecule has 14 heavy (non-hydrogen) atoms. The van der Waals surface area contributed by atoms with Crippen LogP contribution in [0.5, 0.6) is 0 Å². The van der Waals surface area contributed by atoms with Crippen LogP contribution in [0.4, 0.5) is 0 Å². The minimum absolute atomic E-state index is 0.413. The van der Waals surface area contributed by atoms with Crippen LogP contribution in [0.2, 0.25) is 0 Å². The summed E-state index contributed by atoms with van der Waals surface area (Å²) in [5.41, 5.74) is 0.413. The fourth-order valence-electron chi connectivity index (χ4n) is 2.73. The van der Waals surface area contributed by atoms with E-state index in [0.717, 1.165) is 17.9 Å². The normalized spacial score (nSPS) is 38.3. The lowest BCUT2D eigenvalue weighted by molar-refractivity contribution is 0.0630. The Balaban J connectivity index is 1.97. The summed E-state index contributed by atoms with van der Waals surface area (Å²) in [4.78, 5) is 0. The predicted molar refractivity (Wildman–Crippen MR) is 62.7 cm³/mol. The van der Waals surface area contributed by atoms with Gasteiger partial charge < -0.3 is 4.74 Å². The first-order valence-corrected chi connectivity index (χ1v) is 6.71. The lowest BCUT2D eigenvalue weighted by Crippen LogP contribution is -2.32. The van der Waals surface area contributed by atoms with Crippen molar-refractivity contribution in [3.63, 3.8) is 0 Å². The van der Waals surface area contributed by atoms with Gasteiger partial charge in [-0.1, -0.05) is 28.1 Å². The maximum atomic E-state index is 5.72. The van der Waals surface area contributed by atoms with Gasteiger partial charge in [-0.05, 0) is 38.5 Å². The molecule has 2 atom stereocenters. The lowest BCUT2D eigenvalue weighted by atomic mass is 9.75. The number of rotatable bonds is 3. The summed E-state index contributed by atoms with van der Waals surface area (Å²) >= 11 is 3.68. The van der Waals surface area contributed by atoms with Gasteiger partial charge in [0, 0.05) is 17.4 Å². The van der Waals surface area contributed by atoms with Gasteiger partial charge in [-0.25, -0.2) is 0 Å². The molecular weight excluding hydrogens is 240 g/mol. The van der Waals surface area contributed by atoms with Crippen LogP contribution in [-0.2, 0) is 4.74 Å². The second kappa shape index (κ2) is 4.36. The minimum Gasteiger partial charge on any atom is -0.378 e. The van der Waals surface area contributed by atoms with Crippen molar-refractivity contribution in [3.8, 4) is 0 Å². The summed E-state index contributed by atoms with van der Waals surface area (Å²) < 4.78 is 5.72. The minimum atomic E-state index is 0.413. The highest BCUT2D eigenvalue weighted by Crippen LogP contribution is 2.44. The van der Waals surface area contributed by atoms with Crippen molar-refractivity contribution in [1.29, 1.82) is 0 Å². The number of ether oxygens (including phenoxy) is 1. The summed E-state index contributed by atoms with van der Waals surface area (Å²) in [6.45, 7) is 3.18. The third-order valence-electron chi connectivity index (χ3n) is 3.90. The van der Waals surface area contributed by atoms with Gasteiger partial charge in [0.15, 0.2) is 0 Å². The fourth-order valence-corrected chi connectivity index (χ4v) is 3.70. The zero-order valence-corrected chi connectivity index (χ0v) is 10.4. The Hall–Kier alpha value is 0.180. The number of hydrogen-bond donors (Lipinski definition) is 0. The smallest absolute Gasteiger partial charge is 0.0612 e. The molecule has 1 nitrogen and oxygen atoms in total. The molecule has 0 radical (unpaired) electrons. The van der Waals surface area contributed by atoms with Crippen molar-refractivity contribution < 1.29 is 4.74 Å². The topological polar surface area (TPSA) is 9.23 Å². The van der Waals surface area contributed by atoms with Gasteiger partial charge in [0.2, 0.25) is 0 Å². The summed E-state index contributed by atoms with van der Waals surface area (Å²) in [5.74, 6) is 0.872. The number of hydrogen-bond acceptors (Lipinski definition) is 1. The van der Waals surface area contributed by atoms with E-state index in [9.17, 15) is 0 Å². The Kier molecular flexibility index (Phi) is 3.33. The molecule has 0 aromatic heterocycles. The van der Waals surface area contributed by atoms with E-state index in [0.29, 0.717) is 11.5 Å². The van der Waals surface area contributed by atoms with Crippen LogP contribution in [0, 0.1) is 11.3 Å². The van der Waals surface area contributed by atoms with E-state index in [1.54, 1.807) is 0 Å². The van der Waals surface area contributed by atoms with Gasteiger partial charge in [-0.3, -0.25) is 0 Å². The predicted octanol–water partition coefficient (Wildman–Crippen LogP) is 3.53. The summed E-state index contributed by atoms with van der Waals surface area (Å²) in [6, 6.07) is 0. The maximum absolute atomic E-state index is 5.72. The van der Waals surface area contributed by atoms with Crippen molar-refractivity contribution in [2.75, 3.05) is 11.9 Å². The van der Waals surface area contributed by atoms with Crippen LogP contribution in [-0.4, -0.2) is 18.0 Å². The van der Waals surface area contributed by atoms with E-state index in [4.69, 9.17) is 4.74 Å². The number of allylic oxidation sites excluding steroid dienone is 2. The van der Waals surface area contributed by atoms with Crippen LogP contribution in [0.25, 0.3) is 0 Å². The average Bonchev–Trinajstić information content (AvgIpc) is 2.79. The molecule has 0 saturated carbocycles. The van der Waals surface area contributed by atoms with Gasteiger partial charge in [0.05, 0.1) is 6.10 Å². The Bertz CT molecular complexity index is 218. The lowest BCUT2D eigenvalue weighted by Gasteiger charge is -2.32. The van der Waals surface area contributed by atoms with E-state index in [1.807, 2.05) is 0 Å². The molecule has 0 aromatic rings. The fraction of sp³-hybridized carbons (Fsp3) is 0.833. The third-order valence-corrected chi connectivity index (χ3v) is 5.01. The molecule has 2 rings (SSSR count). The molecule has 0 spiro atoms. The van der Waals surface area contributed by atoms with Crippen LogP contribution >= 0.6 is 15.9 Å². The van der Waals surface area contributed by atoms with Crippen molar-refractivity contribution in [1.82, 2.24) is 0 Å². The number of halogens is 1. The highest BCUT2D eigenvalue weighted by molar-refractivity contribution is 9.09. The highest BCUT2D eigenvalue weighted by atomic mass is 79.9. The first-order valence-electron chi connectivity index (χ1n) is 5.59. The molecule has 1 heterocycles. The molecule has 2 aliphatic rings. The maximum Gasteiger partial charge on any atom is 0.0612 e. The highest BCUT2D eigenvalue weighted by Gasteiger charge is 2.41. The zero-order valence-electron chi connectivity index (χ0n) is 8.84. The van der Waals surface area contributed by atoms with E-state index in [-0.39, 0.29) is 0 Å². The molecule has 2 heteroatoms. The van der Waals surface area contributed by atoms with Crippen LogP contribution < -0.4 is 0 Å². The molecule has 1 aliphatic carbocycles. The van der Waals surface area contributed by atoms with Gasteiger partial charge >= 0.3 is 0 Å². The Morgan fingerprint density at radius 2 is 2.14 bits per heavy atom. The average molecular weight is 259 g/mol. The van der Waals surface area contributed by atoms with E-state index < -0.39 is 0 Å². The van der Waals surface area contributed by atoms with Gasteiger partial charge in [-0.15, -0.1) is 0 Å². The quantitative estimate of drug-likeness (QED) is 0.556. The van der Waals surface area contributed by atoms with Crippen LogP contribution in [0.3, 0.4) is 0 Å². The summed E-state index contributed by atoms with van der Waals surface area (Å²) in [5, 5.41) is 1.09. The van der Waals surface area contributed by atoms with Crippen molar-refractivity contribution in [2.45, 2.75) is 38.7 Å². The molecule has 0 aromatic carbocycles. The van der Waals surface area contributed by atoms with Gasteiger partial charge in [0.25, 0.3) is 0 Å². The van der Waals surface area contributed by atoms with Gasteiger partial charge in [-0.2, -0.15) is 0 Å². The molecule has 0 amide bonds. The molecule has 80 valence electrons. The van der Waals surface area contributed by atoms with Crippen molar-refractivity contribution in [2.24, 2.45) is 11.3 Å². The molecule has 1 fully saturated rings. The first kappa shape index (κ1) is 10.7. The van der Waals surface area contributed by atoms with Crippen molar-refractivity contribution >= 4 is 15.9 Å². The van der Waals surface area contributed by atoms with E-state index in [1.165, 1.54) is 25.7 Å².